The Bertz CT molecular complexity index is 619. The maximum absolute atomic E-state index is 12.3. The molecule has 0 atom stereocenters. The van der Waals surface area contributed by atoms with Crippen LogP contribution < -0.4 is 5.32 Å². The van der Waals surface area contributed by atoms with Crippen LogP contribution in [0.4, 0.5) is 0 Å². The number of carbonyl (C=O) groups is 2. The van der Waals surface area contributed by atoms with Crippen molar-refractivity contribution in [2.24, 2.45) is 0 Å². The summed E-state index contributed by atoms with van der Waals surface area (Å²) >= 11 is 0. The molecule has 2 N–H and O–H groups in total. The smallest absolute Gasteiger partial charge is 0.371 e. The Hall–Kier alpha value is -1.87. The number of nitrogens with zero attached hydrogens (tertiary/aromatic N) is 1. The molecule has 0 radical (unpaired) electrons. The van der Waals surface area contributed by atoms with Crippen LogP contribution in [-0.4, -0.2) is 48.8 Å². The van der Waals surface area contributed by atoms with Crippen molar-refractivity contribution in [3.05, 3.63) is 17.9 Å². The maximum atomic E-state index is 12.3. The number of sulfonamides is 1. The van der Waals surface area contributed by atoms with E-state index in [9.17, 15) is 18.0 Å². The second-order valence-corrected chi connectivity index (χ2v) is 6.45. The van der Waals surface area contributed by atoms with Crippen molar-refractivity contribution < 1.29 is 27.5 Å². The number of hydrogen-bond acceptors (Lipinski definition) is 5. The minimum atomic E-state index is -4.05. The molecule has 0 spiro atoms. The van der Waals surface area contributed by atoms with E-state index in [1.807, 2.05) is 0 Å². The molecule has 1 amide bonds. The second-order valence-electron chi connectivity index (χ2n) is 4.58. The first-order chi connectivity index (χ1) is 9.68. The first-order valence-electron chi connectivity index (χ1n) is 6.31. The van der Waals surface area contributed by atoms with E-state index < -0.39 is 32.8 Å². The molecule has 0 fully saturated rings. The van der Waals surface area contributed by atoms with E-state index in [1.165, 1.54) is 0 Å². The van der Waals surface area contributed by atoms with Gasteiger partial charge in [0.05, 0.1) is 6.54 Å². The molecule has 118 valence electrons. The first-order valence-corrected chi connectivity index (χ1v) is 7.75. The van der Waals surface area contributed by atoms with Crippen molar-refractivity contribution in [2.45, 2.75) is 31.9 Å². The number of carboxylic acid groups (broad SMARTS) is 1. The van der Waals surface area contributed by atoms with Gasteiger partial charge >= 0.3 is 5.97 Å². The summed E-state index contributed by atoms with van der Waals surface area (Å²) in [5.41, 5.74) is 0. The van der Waals surface area contributed by atoms with Gasteiger partial charge in [0.25, 0.3) is 10.0 Å². The molecule has 1 rings (SSSR count). The van der Waals surface area contributed by atoms with Gasteiger partial charge in [-0.1, -0.05) is 6.92 Å². The van der Waals surface area contributed by atoms with E-state index in [-0.39, 0.29) is 19.1 Å². The van der Waals surface area contributed by atoms with Crippen molar-refractivity contribution in [2.75, 3.05) is 13.1 Å². The van der Waals surface area contributed by atoms with Crippen LogP contribution in [0.25, 0.3) is 0 Å². The molecule has 0 aromatic carbocycles. The fourth-order valence-electron chi connectivity index (χ4n) is 1.60. The summed E-state index contributed by atoms with van der Waals surface area (Å²) in [4.78, 5) is 22.4. The third-order valence-corrected chi connectivity index (χ3v) is 4.30. The zero-order chi connectivity index (χ0) is 16.2. The van der Waals surface area contributed by atoms with Crippen LogP contribution >= 0.6 is 0 Å². The molecular formula is C12H18N2O6S. The molecule has 0 aliphatic heterocycles. The summed E-state index contributed by atoms with van der Waals surface area (Å²) < 4.78 is 30.3. The fourth-order valence-corrected chi connectivity index (χ4v) is 2.91. The van der Waals surface area contributed by atoms with E-state index in [0.29, 0.717) is 0 Å². The van der Waals surface area contributed by atoms with Gasteiger partial charge in [0.2, 0.25) is 16.8 Å². The third kappa shape index (κ3) is 4.30. The van der Waals surface area contributed by atoms with Gasteiger partial charge < -0.3 is 14.8 Å². The predicted molar refractivity (Wildman–Crippen MR) is 73.4 cm³/mol. The van der Waals surface area contributed by atoms with Gasteiger partial charge in [0.1, 0.15) is 0 Å². The standard InChI is InChI=1S/C12H18N2O6S/c1-4-14(7-10(15)13-8(2)3)21(18,19)11-6-5-9(20-11)12(16)17/h5-6,8H,4,7H2,1-3H3,(H,13,15)(H,16,17). The third-order valence-electron chi connectivity index (χ3n) is 2.51. The Kier molecular flexibility index (Phi) is 5.50. The molecule has 9 heteroatoms. The molecule has 8 nitrogen and oxygen atoms in total. The average molecular weight is 318 g/mol. The number of carboxylic acids is 1. The average Bonchev–Trinajstić information content (AvgIpc) is 2.85. The van der Waals surface area contributed by atoms with Gasteiger partial charge in [-0.2, -0.15) is 4.31 Å². The zero-order valence-corrected chi connectivity index (χ0v) is 12.8. The maximum Gasteiger partial charge on any atom is 0.371 e. The van der Waals surface area contributed by atoms with E-state index in [1.54, 1.807) is 20.8 Å². The van der Waals surface area contributed by atoms with Crippen molar-refractivity contribution in [3.63, 3.8) is 0 Å². The number of amides is 1. The number of rotatable bonds is 7. The minimum Gasteiger partial charge on any atom is -0.475 e. The van der Waals surface area contributed by atoms with Crippen molar-refractivity contribution in [3.8, 4) is 0 Å². The van der Waals surface area contributed by atoms with Crippen LogP contribution in [0.3, 0.4) is 0 Å². The summed E-state index contributed by atoms with van der Waals surface area (Å²) in [7, 11) is -4.05. The summed E-state index contributed by atoms with van der Waals surface area (Å²) in [6, 6.07) is 2.00. The van der Waals surface area contributed by atoms with Gasteiger partial charge in [0.15, 0.2) is 0 Å². The molecule has 0 saturated carbocycles. The minimum absolute atomic E-state index is 0.0525. The lowest BCUT2D eigenvalue weighted by Gasteiger charge is -2.19. The number of likely N-dealkylation sites (N-methyl/N-ethyl adjacent to an activating group) is 1. The number of carbonyl (C=O) groups excluding carboxylic acids is 1. The summed E-state index contributed by atoms with van der Waals surface area (Å²) in [5.74, 6) is -2.28. The largest absolute Gasteiger partial charge is 0.475 e. The Morgan fingerprint density at radius 2 is 2.00 bits per heavy atom. The molecule has 0 aliphatic rings. The number of furan rings is 1. The molecule has 1 aromatic heterocycles. The van der Waals surface area contributed by atoms with Crippen LogP contribution in [0.2, 0.25) is 0 Å². The molecule has 0 aliphatic carbocycles. The quantitative estimate of drug-likeness (QED) is 0.756. The Labute approximate surface area is 122 Å². The van der Waals surface area contributed by atoms with Crippen LogP contribution in [0.1, 0.15) is 31.3 Å². The summed E-state index contributed by atoms with van der Waals surface area (Å²) in [5, 5.41) is 10.8. The molecular weight excluding hydrogens is 300 g/mol. The highest BCUT2D eigenvalue weighted by Gasteiger charge is 2.29. The predicted octanol–water partition coefficient (Wildman–Crippen LogP) is 0.513. The number of nitrogens with one attached hydrogen (secondary N) is 1. The lowest BCUT2D eigenvalue weighted by molar-refractivity contribution is -0.121. The van der Waals surface area contributed by atoms with E-state index in [4.69, 9.17) is 9.52 Å². The van der Waals surface area contributed by atoms with E-state index in [0.717, 1.165) is 16.4 Å². The summed E-state index contributed by atoms with van der Waals surface area (Å²) in [6.07, 6.45) is 0. The van der Waals surface area contributed by atoms with Crippen molar-refractivity contribution in [1.82, 2.24) is 9.62 Å². The lowest BCUT2D eigenvalue weighted by atomic mass is 10.4. The highest BCUT2D eigenvalue weighted by Crippen LogP contribution is 2.18. The van der Waals surface area contributed by atoms with Gasteiger partial charge in [-0.25, -0.2) is 13.2 Å². The fraction of sp³-hybridized carbons (Fsp3) is 0.500. The molecule has 0 unspecified atom stereocenters. The molecule has 1 heterocycles. The van der Waals surface area contributed by atoms with Gasteiger partial charge in [-0.15, -0.1) is 0 Å². The normalized spacial score (nSPS) is 11.9. The van der Waals surface area contributed by atoms with Gasteiger partial charge in [-0.3, -0.25) is 4.79 Å². The number of aromatic carboxylic acids is 1. The SMILES string of the molecule is CCN(CC(=O)NC(C)C)S(=O)(=O)c1ccc(C(=O)O)o1. The van der Waals surface area contributed by atoms with E-state index in [2.05, 4.69) is 5.32 Å². The van der Waals surface area contributed by atoms with E-state index >= 15 is 0 Å². The first kappa shape index (κ1) is 17.2. The molecule has 0 saturated heterocycles. The summed E-state index contributed by atoms with van der Waals surface area (Å²) in [6.45, 7) is 4.78. The molecule has 1 aromatic rings. The lowest BCUT2D eigenvalue weighted by Crippen LogP contribution is -2.42. The van der Waals surface area contributed by atoms with Crippen LogP contribution in [0, 0.1) is 0 Å². The highest BCUT2D eigenvalue weighted by atomic mass is 32.2. The highest BCUT2D eigenvalue weighted by molar-refractivity contribution is 7.89. The van der Waals surface area contributed by atoms with Gasteiger partial charge in [0, 0.05) is 12.6 Å². The monoisotopic (exact) mass is 318 g/mol. The zero-order valence-electron chi connectivity index (χ0n) is 12.0. The Morgan fingerprint density at radius 1 is 1.38 bits per heavy atom. The van der Waals surface area contributed by atoms with Crippen LogP contribution in [-0.2, 0) is 14.8 Å². The second kappa shape index (κ2) is 6.72. The molecule has 21 heavy (non-hydrogen) atoms. The Morgan fingerprint density at radius 3 is 2.43 bits per heavy atom. The molecule has 0 bridgehead atoms. The number of hydrogen-bond donors (Lipinski definition) is 2. The van der Waals surface area contributed by atoms with Crippen molar-refractivity contribution in [1.29, 1.82) is 0 Å². The van der Waals surface area contributed by atoms with Crippen LogP contribution in [0.5, 0.6) is 0 Å². The van der Waals surface area contributed by atoms with Gasteiger partial charge in [-0.05, 0) is 26.0 Å². The Balaban J connectivity index is 2.96. The van der Waals surface area contributed by atoms with Crippen LogP contribution in [0.15, 0.2) is 21.6 Å². The topological polar surface area (TPSA) is 117 Å². The van der Waals surface area contributed by atoms with Crippen molar-refractivity contribution >= 4 is 21.9 Å².